The maximum absolute atomic E-state index is 12.5. The van der Waals surface area contributed by atoms with Crippen molar-refractivity contribution in [1.29, 1.82) is 0 Å². The van der Waals surface area contributed by atoms with Crippen LogP contribution < -0.4 is 5.32 Å². The number of thiazole rings is 1. The molecule has 0 radical (unpaired) electrons. The van der Waals surface area contributed by atoms with Crippen molar-refractivity contribution >= 4 is 34.3 Å². The van der Waals surface area contributed by atoms with E-state index in [1.165, 1.54) is 11.3 Å². The van der Waals surface area contributed by atoms with Crippen molar-refractivity contribution in [3.05, 3.63) is 35.0 Å². The lowest BCUT2D eigenvalue weighted by Crippen LogP contribution is -2.51. The van der Waals surface area contributed by atoms with Gasteiger partial charge in [-0.25, -0.2) is 14.8 Å². The van der Waals surface area contributed by atoms with E-state index in [0.29, 0.717) is 37.9 Å². The van der Waals surface area contributed by atoms with Crippen molar-refractivity contribution in [2.24, 2.45) is 0 Å². The molecule has 9 heteroatoms. The molecule has 1 saturated heterocycles. The van der Waals surface area contributed by atoms with Crippen LogP contribution in [0.3, 0.4) is 0 Å². The lowest BCUT2D eigenvalue weighted by atomic mass is 10.2. The first-order valence-electron chi connectivity index (χ1n) is 8.88. The zero-order valence-corrected chi connectivity index (χ0v) is 16.3. The van der Waals surface area contributed by atoms with Crippen LogP contribution in [-0.4, -0.2) is 64.6 Å². The number of ether oxygens (including phenoxy) is 1. The van der Waals surface area contributed by atoms with Crippen LogP contribution in [0.25, 0.3) is 0 Å². The molecule has 2 aromatic heterocycles. The number of pyridine rings is 1. The number of aryl methyl sites for hydroxylation is 1. The summed E-state index contributed by atoms with van der Waals surface area (Å²) in [5, 5.41) is 5.75. The van der Waals surface area contributed by atoms with Crippen LogP contribution in [0.1, 0.15) is 18.2 Å². The highest BCUT2D eigenvalue weighted by atomic mass is 32.1. The number of nitrogens with zero attached hydrogens (tertiary/aromatic N) is 4. The fourth-order valence-electron chi connectivity index (χ4n) is 2.78. The Balaban J connectivity index is 1.50. The molecule has 0 aliphatic carbocycles. The fourth-order valence-corrected chi connectivity index (χ4v) is 3.50. The fraction of sp³-hybridized carbons (Fsp3) is 0.444. The van der Waals surface area contributed by atoms with E-state index in [4.69, 9.17) is 4.74 Å². The standard InChI is InChI=1S/C18H23N5O3S/c1-3-26-18(25)23-8-6-22(7-9-23)16(24)11-14-12-27-17(20-14)21-15-10-13(2)4-5-19-15/h4-5,10,12H,3,6-9,11H2,1-2H3,(H,19,20,21). The van der Waals surface area contributed by atoms with Crippen molar-refractivity contribution in [2.45, 2.75) is 20.3 Å². The summed E-state index contributed by atoms with van der Waals surface area (Å²) >= 11 is 1.45. The predicted octanol–water partition coefficient (Wildman–Crippen LogP) is 2.43. The van der Waals surface area contributed by atoms with E-state index >= 15 is 0 Å². The minimum absolute atomic E-state index is 0.0176. The van der Waals surface area contributed by atoms with Gasteiger partial charge >= 0.3 is 6.09 Å². The van der Waals surface area contributed by atoms with Crippen LogP contribution in [0.15, 0.2) is 23.7 Å². The third-order valence-corrected chi connectivity index (χ3v) is 5.00. The maximum Gasteiger partial charge on any atom is 0.409 e. The van der Waals surface area contributed by atoms with Crippen molar-refractivity contribution in [3.8, 4) is 0 Å². The molecule has 1 aliphatic heterocycles. The molecule has 0 spiro atoms. The van der Waals surface area contributed by atoms with Gasteiger partial charge in [-0.15, -0.1) is 11.3 Å². The number of amides is 2. The van der Waals surface area contributed by atoms with Gasteiger partial charge in [0.15, 0.2) is 5.13 Å². The van der Waals surface area contributed by atoms with Crippen LogP contribution in [0.5, 0.6) is 0 Å². The number of aromatic nitrogens is 2. The molecule has 0 bridgehead atoms. The summed E-state index contributed by atoms with van der Waals surface area (Å²) in [6.07, 6.45) is 1.68. The molecule has 1 aliphatic rings. The normalized spacial score (nSPS) is 14.1. The summed E-state index contributed by atoms with van der Waals surface area (Å²) in [5.74, 6) is 0.751. The Morgan fingerprint density at radius 3 is 2.70 bits per heavy atom. The van der Waals surface area contributed by atoms with Gasteiger partial charge in [-0.3, -0.25) is 4.79 Å². The first-order valence-corrected chi connectivity index (χ1v) is 9.76. The van der Waals surface area contributed by atoms with E-state index in [9.17, 15) is 9.59 Å². The molecule has 0 atom stereocenters. The second-order valence-electron chi connectivity index (χ2n) is 6.23. The minimum Gasteiger partial charge on any atom is -0.450 e. The van der Waals surface area contributed by atoms with Crippen molar-refractivity contribution < 1.29 is 14.3 Å². The third-order valence-electron chi connectivity index (χ3n) is 4.19. The average molecular weight is 389 g/mol. The van der Waals surface area contributed by atoms with Gasteiger partial charge in [0.05, 0.1) is 18.7 Å². The van der Waals surface area contributed by atoms with E-state index in [1.807, 2.05) is 24.4 Å². The zero-order valence-electron chi connectivity index (χ0n) is 15.5. The number of hydrogen-bond donors (Lipinski definition) is 1. The number of piperazine rings is 1. The molecule has 3 heterocycles. The Morgan fingerprint density at radius 1 is 1.26 bits per heavy atom. The van der Waals surface area contributed by atoms with Gasteiger partial charge < -0.3 is 19.9 Å². The molecule has 1 fully saturated rings. The van der Waals surface area contributed by atoms with Crippen LogP contribution in [0.4, 0.5) is 15.7 Å². The molecule has 8 nitrogen and oxygen atoms in total. The highest BCUT2D eigenvalue weighted by molar-refractivity contribution is 7.13. The molecule has 2 amide bonds. The van der Waals surface area contributed by atoms with Crippen molar-refractivity contribution in [1.82, 2.24) is 19.8 Å². The number of hydrogen-bond acceptors (Lipinski definition) is 7. The molecular formula is C18H23N5O3S. The second-order valence-corrected chi connectivity index (χ2v) is 7.09. The molecule has 27 heavy (non-hydrogen) atoms. The van der Waals surface area contributed by atoms with E-state index in [2.05, 4.69) is 15.3 Å². The van der Waals surface area contributed by atoms with Crippen LogP contribution in [0, 0.1) is 6.92 Å². The smallest absolute Gasteiger partial charge is 0.409 e. The number of nitrogens with one attached hydrogen (secondary N) is 1. The van der Waals surface area contributed by atoms with E-state index in [-0.39, 0.29) is 18.4 Å². The van der Waals surface area contributed by atoms with Crippen molar-refractivity contribution in [3.63, 3.8) is 0 Å². The highest BCUT2D eigenvalue weighted by Gasteiger charge is 2.25. The summed E-state index contributed by atoms with van der Waals surface area (Å²) in [6.45, 7) is 6.15. The van der Waals surface area contributed by atoms with Crippen LogP contribution >= 0.6 is 11.3 Å². The zero-order chi connectivity index (χ0) is 19.2. The molecule has 1 N–H and O–H groups in total. The van der Waals surface area contributed by atoms with E-state index < -0.39 is 0 Å². The molecule has 3 rings (SSSR count). The summed E-state index contributed by atoms with van der Waals surface area (Å²) in [6, 6.07) is 3.87. The van der Waals surface area contributed by atoms with Gasteiger partial charge in [0.25, 0.3) is 0 Å². The van der Waals surface area contributed by atoms with Gasteiger partial charge in [0.1, 0.15) is 5.82 Å². The lowest BCUT2D eigenvalue weighted by Gasteiger charge is -2.34. The Morgan fingerprint density at radius 2 is 2.00 bits per heavy atom. The highest BCUT2D eigenvalue weighted by Crippen LogP contribution is 2.21. The Hall–Kier alpha value is -2.68. The first-order chi connectivity index (χ1) is 13.0. The number of rotatable bonds is 5. The number of carbonyl (C=O) groups is 2. The van der Waals surface area contributed by atoms with Gasteiger partial charge in [-0.05, 0) is 31.5 Å². The van der Waals surface area contributed by atoms with Gasteiger partial charge in [-0.2, -0.15) is 0 Å². The molecule has 144 valence electrons. The van der Waals surface area contributed by atoms with Gasteiger partial charge in [0.2, 0.25) is 5.91 Å². The lowest BCUT2D eigenvalue weighted by molar-refractivity contribution is -0.132. The van der Waals surface area contributed by atoms with Gasteiger partial charge in [-0.1, -0.05) is 0 Å². The average Bonchev–Trinajstić information content (AvgIpc) is 3.09. The molecule has 0 aromatic carbocycles. The number of anilines is 2. The SMILES string of the molecule is CCOC(=O)N1CCN(C(=O)Cc2csc(Nc3cc(C)ccn3)n2)CC1. The maximum atomic E-state index is 12.5. The molecule has 2 aromatic rings. The van der Waals surface area contributed by atoms with Crippen LogP contribution in [0.2, 0.25) is 0 Å². The monoisotopic (exact) mass is 389 g/mol. The predicted molar refractivity (Wildman–Crippen MR) is 103 cm³/mol. The second kappa shape index (κ2) is 8.81. The van der Waals surface area contributed by atoms with E-state index in [0.717, 1.165) is 17.1 Å². The molecule has 0 unspecified atom stereocenters. The Labute approximate surface area is 162 Å². The first kappa shape index (κ1) is 19.1. The van der Waals surface area contributed by atoms with E-state index in [1.54, 1.807) is 22.9 Å². The largest absolute Gasteiger partial charge is 0.450 e. The summed E-state index contributed by atoms with van der Waals surface area (Å²) < 4.78 is 4.99. The van der Waals surface area contributed by atoms with Crippen LogP contribution in [-0.2, 0) is 16.0 Å². The summed E-state index contributed by atoms with van der Waals surface area (Å²) in [7, 11) is 0. The topological polar surface area (TPSA) is 87.7 Å². The summed E-state index contributed by atoms with van der Waals surface area (Å²) in [5.41, 5.74) is 1.84. The Bertz CT molecular complexity index is 802. The van der Waals surface area contributed by atoms with Gasteiger partial charge in [0, 0.05) is 37.8 Å². The third kappa shape index (κ3) is 5.16. The van der Waals surface area contributed by atoms with Crippen molar-refractivity contribution in [2.75, 3.05) is 38.1 Å². The quantitative estimate of drug-likeness (QED) is 0.845. The number of carbonyl (C=O) groups excluding carboxylic acids is 2. The minimum atomic E-state index is -0.315. The molecular weight excluding hydrogens is 366 g/mol. The Kier molecular flexibility index (Phi) is 6.23. The summed E-state index contributed by atoms with van der Waals surface area (Å²) in [4.78, 5) is 36.3. The molecule has 0 saturated carbocycles.